The molecule has 0 amide bonds. The van der Waals surface area contributed by atoms with Crippen molar-refractivity contribution in [3.8, 4) is 11.4 Å². The summed E-state index contributed by atoms with van der Waals surface area (Å²) >= 11 is 0. The fourth-order valence-corrected chi connectivity index (χ4v) is 5.13. The molecule has 1 unspecified atom stereocenters. The van der Waals surface area contributed by atoms with Gasteiger partial charge >= 0.3 is 5.97 Å². The topological polar surface area (TPSA) is 107 Å². The van der Waals surface area contributed by atoms with Gasteiger partial charge in [-0.15, -0.1) is 0 Å². The van der Waals surface area contributed by atoms with Crippen LogP contribution < -0.4 is 10.9 Å². The van der Waals surface area contributed by atoms with Crippen molar-refractivity contribution in [3.63, 3.8) is 0 Å². The summed E-state index contributed by atoms with van der Waals surface area (Å²) in [6, 6.07) is 7.76. The molecule has 0 saturated carbocycles. The van der Waals surface area contributed by atoms with Gasteiger partial charge in [0.2, 0.25) is 0 Å². The molecule has 4 rings (SSSR count). The van der Waals surface area contributed by atoms with Gasteiger partial charge in [0.1, 0.15) is 18.0 Å². The fourth-order valence-electron chi connectivity index (χ4n) is 5.13. The van der Waals surface area contributed by atoms with Crippen LogP contribution in [-0.2, 0) is 32.1 Å². The molecule has 1 saturated heterocycles. The molecule has 212 valence electrons. The van der Waals surface area contributed by atoms with Crippen molar-refractivity contribution in [1.82, 2.24) is 19.9 Å². The summed E-state index contributed by atoms with van der Waals surface area (Å²) in [6.07, 6.45) is 4.15. The highest BCUT2D eigenvalue weighted by Gasteiger charge is 2.24. The van der Waals surface area contributed by atoms with Crippen LogP contribution in [0.5, 0.6) is 0 Å². The van der Waals surface area contributed by atoms with Crippen molar-refractivity contribution in [2.45, 2.75) is 72.2 Å². The summed E-state index contributed by atoms with van der Waals surface area (Å²) in [5.74, 6) is 1.42. The first-order valence-electron chi connectivity index (χ1n) is 13.9. The van der Waals surface area contributed by atoms with E-state index in [1.54, 1.807) is 13.3 Å². The molecule has 39 heavy (non-hydrogen) atoms. The summed E-state index contributed by atoms with van der Waals surface area (Å²) in [7, 11) is 1.60. The smallest absolute Gasteiger partial charge is 0.323 e. The molecule has 9 nitrogen and oxygen atoms in total. The SMILES string of the molecule is COCC(C)OC(=O)[C@H](CC(C)C)NCc1ccc2c(c1)nc(-c1c[nH]c(=O)c(C)c1)n2CC1CCOCC1. The fraction of sp³-hybridized carbons (Fsp3) is 0.567. The molecule has 3 aromatic rings. The number of pyridine rings is 1. The van der Waals surface area contributed by atoms with E-state index in [2.05, 4.69) is 46.9 Å². The number of hydrogen-bond donors (Lipinski definition) is 2. The maximum Gasteiger partial charge on any atom is 0.323 e. The number of imidazole rings is 1. The van der Waals surface area contributed by atoms with E-state index in [-0.39, 0.29) is 17.6 Å². The number of hydrogen-bond acceptors (Lipinski definition) is 7. The molecule has 2 atom stereocenters. The van der Waals surface area contributed by atoms with Crippen LogP contribution >= 0.6 is 0 Å². The highest BCUT2D eigenvalue weighted by molar-refractivity contribution is 5.81. The molecule has 1 aromatic carbocycles. The molecule has 0 radical (unpaired) electrons. The Hall–Kier alpha value is -3.01. The van der Waals surface area contributed by atoms with E-state index < -0.39 is 6.04 Å². The van der Waals surface area contributed by atoms with E-state index in [1.807, 2.05) is 19.9 Å². The lowest BCUT2D eigenvalue weighted by atomic mass is 10.00. The van der Waals surface area contributed by atoms with E-state index in [4.69, 9.17) is 19.2 Å². The second-order valence-electron chi connectivity index (χ2n) is 11.1. The lowest BCUT2D eigenvalue weighted by molar-refractivity contribution is -0.153. The summed E-state index contributed by atoms with van der Waals surface area (Å²) < 4.78 is 18.5. The predicted molar refractivity (Wildman–Crippen MR) is 152 cm³/mol. The lowest BCUT2D eigenvalue weighted by Gasteiger charge is -2.23. The molecule has 1 fully saturated rings. The van der Waals surface area contributed by atoms with Crippen molar-refractivity contribution < 1.29 is 19.0 Å². The number of aromatic nitrogens is 3. The number of aromatic amines is 1. The van der Waals surface area contributed by atoms with E-state index in [0.29, 0.717) is 37.0 Å². The van der Waals surface area contributed by atoms with Crippen LogP contribution in [0.3, 0.4) is 0 Å². The molecule has 1 aliphatic heterocycles. The molecular weight excluding hydrogens is 496 g/mol. The Bertz CT molecular complexity index is 1310. The van der Waals surface area contributed by atoms with Crippen LogP contribution in [0.4, 0.5) is 0 Å². The van der Waals surface area contributed by atoms with Crippen LogP contribution in [0.15, 0.2) is 35.3 Å². The Morgan fingerprint density at radius 3 is 2.69 bits per heavy atom. The molecule has 2 N–H and O–H groups in total. The zero-order chi connectivity index (χ0) is 27.9. The second-order valence-corrected chi connectivity index (χ2v) is 11.1. The summed E-state index contributed by atoms with van der Waals surface area (Å²) in [5, 5.41) is 3.41. The van der Waals surface area contributed by atoms with Gasteiger partial charge in [-0.2, -0.15) is 0 Å². The Kier molecular flexibility index (Phi) is 9.94. The average molecular weight is 539 g/mol. The van der Waals surface area contributed by atoms with Gasteiger partial charge in [-0.25, -0.2) is 4.98 Å². The Morgan fingerprint density at radius 2 is 2.00 bits per heavy atom. The number of H-pyrrole nitrogens is 1. The zero-order valence-electron chi connectivity index (χ0n) is 23.8. The van der Waals surface area contributed by atoms with Crippen molar-refractivity contribution in [3.05, 3.63) is 51.9 Å². The number of benzene rings is 1. The number of rotatable bonds is 12. The predicted octanol–water partition coefficient (Wildman–Crippen LogP) is 4.21. The second kappa shape index (κ2) is 13.4. The number of aryl methyl sites for hydroxylation is 1. The third kappa shape index (κ3) is 7.56. The molecule has 0 spiro atoms. The molecule has 0 bridgehead atoms. The third-order valence-corrected chi connectivity index (χ3v) is 7.20. The van der Waals surface area contributed by atoms with Crippen LogP contribution in [0.1, 0.15) is 51.2 Å². The minimum absolute atomic E-state index is 0.0923. The zero-order valence-corrected chi connectivity index (χ0v) is 23.8. The lowest BCUT2D eigenvalue weighted by Crippen LogP contribution is -2.40. The van der Waals surface area contributed by atoms with E-state index in [0.717, 1.165) is 60.6 Å². The normalized spacial score (nSPS) is 16.1. The van der Waals surface area contributed by atoms with E-state index in [1.165, 1.54) is 0 Å². The van der Waals surface area contributed by atoms with Gasteiger partial charge in [0.05, 0.1) is 17.6 Å². The third-order valence-electron chi connectivity index (χ3n) is 7.20. The number of fused-ring (bicyclic) bond motifs is 1. The van der Waals surface area contributed by atoms with Crippen molar-refractivity contribution in [2.75, 3.05) is 26.9 Å². The van der Waals surface area contributed by atoms with Crippen LogP contribution in [0.2, 0.25) is 0 Å². The number of nitrogens with one attached hydrogen (secondary N) is 2. The molecule has 0 aliphatic carbocycles. The standard InChI is InChI=1S/C30H42N4O5/c1-19(2)12-26(30(36)39-21(4)18-37-5)31-15-23-6-7-27-25(14-23)33-28(24-13-20(3)29(35)32-16-24)34(27)17-22-8-10-38-11-9-22/h6-7,13-14,16,19,21-22,26,31H,8-12,15,17-18H2,1-5H3,(H,32,35)/t21?,26-/m0/s1. The first-order chi connectivity index (χ1) is 18.7. The van der Waals surface area contributed by atoms with Gasteiger partial charge in [-0.3, -0.25) is 9.59 Å². The average Bonchev–Trinajstić information content (AvgIpc) is 3.26. The number of nitrogens with zero attached hydrogens (tertiary/aromatic N) is 2. The number of methoxy groups -OCH3 is 1. The molecule has 3 heterocycles. The van der Waals surface area contributed by atoms with E-state index in [9.17, 15) is 9.59 Å². The quantitative estimate of drug-likeness (QED) is 0.333. The highest BCUT2D eigenvalue weighted by Crippen LogP contribution is 2.28. The summed E-state index contributed by atoms with van der Waals surface area (Å²) in [5.41, 5.74) is 4.43. The maximum absolute atomic E-state index is 12.9. The van der Waals surface area contributed by atoms with Crippen LogP contribution in [-0.4, -0.2) is 59.6 Å². The van der Waals surface area contributed by atoms with Gasteiger partial charge in [0.15, 0.2) is 0 Å². The van der Waals surface area contributed by atoms with Gasteiger partial charge in [-0.05, 0) is 68.7 Å². The monoisotopic (exact) mass is 538 g/mol. The molecule has 2 aromatic heterocycles. The van der Waals surface area contributed by atoms with Crippen LogP contribution in [0.25, 0.3) is 22.4 Å². The highest BCUT2D eigenvalue weighted by atomic mass is 16.6. The van der Waals surface area contributed by atoms with Gasteiger partial charge in [-0.1, -0.05) is 19.9 Å². The molecular formula is C30H42N4O5. The maximum atomic E-state index is 12.9. The van der Waals surface area contributed by atoms with Crippen molar-refractivity contribution in [2.24, 2.45) is 11.8 Å². The number of carbonyl (C=O) groups excluding carboxylic acids is 1. The number of carbonyl (C=O) groups is 1. The largest absolute Gasteiger partial charge is 0.459 e. The van der Waals surface area contributed by atoms with Gasteiger partial charge in [0.25, 0.3) is 5.56 Å². The van der Waals surface area contributed by atoms with Gasteiger partial charge < -0.3 is 29.1 Å². The minimum Gasteiger partial charge on any atom is -0.459 e. The Balaban J connectivity index is 1.59. The first-order valence-corrected chi connectivity index (χ1v) is 13.9. The van der Waals surface area contributed by atoms with Crippen molar-refractivity contribution in [1.29, 1.82) is 0 Å². The summed E-state index contributed by atoms with van der Waals surface area (Å²) in [4.78, 5) is 32.7. The Labute approximate surface area is 230 Å². The van der Waals surface area contributed by atoms with Crippen molar-refractivity contribution >= 4 is 17.0 Å². The summed E-state index contributed by atoms with van der Waals surface area (Å²) in [6.45, 7) is 11.1. The minimum atomic E-state index is -0.411. The molecule has 9 heteroatoms. The van der Waals surface area contributed by atoms with Crippen LogP contribution in [0, 0.1) is 18.8 Å². The first kappa shape index (κ1) is 29.0. The van der Waals surface area contributed by atoms with E-state index >= 15 is 0 Å². The molecule has 1 aliphatic rings. The van der Waals surface area contributed by atoms with Gasteiger partial charge in [0, 0.05) is 50.7 Å². The number of ether oxygens (including phenoxy) is 3. The Morgan fingerprint density at radius 1 is 1.23 bits per heavy atom. The number of esters is 1.